The molecule has 0 spiro atoms. The van der Waals surface area contributed by atoms with Crippen molar-refractivity contribution in [2.75, 3.05) is 0 Å². The van der Waals surface area contributed by atoms with Crippen LogP contribution < -0.4 is 0 Å². The van der Waals surface area contributed by atoms with Crippen LogP contribution >= 0.6 is 0 Å². The van der Waals surface area contributed by atoms with Crippen LogP contribution in [-0.2, 0) is 5.41 Å². The van der Waals surface area contributed by atoms with Crippen LogP contribution in [0.5, 0.6) is 5.75 Å². The van der Waals surface area contributed by atoms with Crippen molar-refractivity contribution >= 4 is 5.97 Å². The fourth-order valence-corrected chi connectivity index (χ4v) is 4.79. The minimum absolute atomic E-state index is 0.0539. The van der Waals surface area contributed by atoms with E-state index >= 15 is 0 Å². The Morgan fingerprint density at radius 2 is 1.64 bits per heavy atom. The van der Waals surface area contributed by atoms with E-state index in [0.29, 0.717) is 5.92 Å². The van der Waals surface area contributed by atoms with E-state index in [2.05, 4.69) is 0 Å². The Morgan fingerprint density at radius 1 is 1.00 bits per heavy atom. The number of hydrogen-bond donors (Lipinski definition) is 2. The van der Waals surface area contributed by atoms with E-state index in [0.717, 1.165) is 5.56 Å². The van der Waals surface area contributed by atoms with Crippen LogP contribution in [0.4, 0.5) is 0 Å². The maximum absolute atomic E-state index is 11.4. The second-order valence-electron chi connectivity index (χ2n) is 7.09. The standard InChI is InChI=1S/C19H26O3/c20-17-10-9-15(13-16(17)18(21)22)19(11-5-2-6-12-19)14-7-3-1-4-8-14/h9-10,13-14,20H,1-8,11-12H2,(H,21,22). The van der Waals surface area contributed by atoms with Gasteiger partial charge < -0.3 is 10.2 Å². The number of aromatic hydroxyl groups is 1. The Bertz CT molecular complexity index is 538. The van der Waals surface area contributed by atoms with Crippen LogP contribution in [-0.4, -0.2) is 16.2 Å². The molecule has 22 heavy (non-hydrogen) atoms. The van der Waals surface area contributed by atoms with Gasteiger partial charge in [-0.3, -0.25) is 0 Å². The van der Waals surface area contributed by atoms with Gasteiger partial charge in [0.1, 0.15) is 11.3 Å². The predicted octanol–water partition coefficient (Wildman–Crippen LogP) is 4.87. The number of benzene rings is 1. The number of aromatic carboxylic acids is 1. The molecule has 0 atom stereocenters. The van der Waals surface area contributed by atoms with Gasteiger partial charge in [0.2, 0.25) is 0 Å². The lowest BCUT2D eigenvalue weighted by molar-refractivity contribution is 0.0693. The average Bonchev–Trinajstić information content (AvgIpc) is 2.56. The Balaban J connectivity index is 2.01. The summed E-state index contributed by atoms with van der Waals surface area (Å²) in [5.41, 5.74) is 1.34. The first kappa shape index (κ1) is 15.4. The molecule has 2 saturated carbocycles. The molecule has 2 fully saturated rings. The van der Waals surface area contributed by atoms with Gasteiger partial charge in [-0.2, -0.15) is 0 Å². The smallest absolute Gasteiger partial charge is 0.339 e. The molecule has 3 rings (SSSR count). The van der Waals surface area contributed by atoms with Crippen LogP contribution in [0.2, 0.25) is 0 Å². The Hall–Kier alpha value is -1.51. The summed E-state index contributed by atoms with van der Waals surface area (Å²) in [6.45, 7) is 0. The average molecular weight is 302 g/mol. The van der Waals surface area contributed by atoms with Gasteiger partial charge >= 0.3 is 5.97 Å². The lowest BCUT2D eigenvalue weighted by atomic mass is 9.58. The molecule has 3 heteroatoms. The molecular formula is C19H26O3. The van der Waals surface area contributed by atoms with Gasteiger partial charge in [0.15, 0.2) is 0 Å². The minimum atomic E-state index is -1.03. The summed E-state index contributed by atoms with van der Waals surface area (Å²) in [6.07, 6.45) is 12.6. The normalized spacial score (nSPS) is 22.4. The molecule has 0 amide bonds. The monoisotopic (exact) mass is 302 g/mol. The topological polar surface area (TPSA) is 57.5 Å². The highest BCUT2D eigenvalue weighted by Gasteiger charge is 2.41. The summed E-state index contributed by atoms with van der Waals surface area (Å²) in [5.74, 6) is -0.479. The Kier molecular flexibility index (Phi) is 4.42. The van der Waals surface area contributed by atoms with Crippen LogP contribution in [0.15, 0.2) is 18.2 Å². The van der Waals surface area contributed by atoms with Crippen molar-refractivity contribution in [2.45, 2.75) is 69.6 Å². The van der Waals surface area contributed by atoms with Crippen molar-refractivity contribution in [3.63, 3.8) is 0 Å². The van der Waals surface area contributed by atoms with Gasteiger partial charge in [-0.05, 0) is 54.7 Å². The molecule has 2 aliphatic rings. The maximum atomic E-state index is 11.4. The zero-order valence-electron chi connectivity index (χ0n) is 13.2. The van der Waals surface area contributed by atoms with Crippen LogP contribution in [0.3, 0.4) is 0 Å². The van der Waals surface area contributed by atoms with Crippen LogP contribution in [0.25, 0.3) is 0 Å². The summed E-state index contributed by atoms with van der Waals surface area (Å²) < 4.78 is 0. The largest absolute Gasteiger partial charge is 0.507 e. The highest BCUT2D eigenvalue weighted by Crippen LogP contribution is 2.50. The highest BCUT2D eigenvalue weighted by molar-refractivity contribution is 5.91. The van der Waals surface area contributed by atoms with E-state index in [-0.39, 0.29) is 16.7 Å². The number of carboxylic acid groups (broad SMARTS) is 1. The summed E-state index contributed by atoms with van der Waals surface area (Å²) in [5, 5.41) is 19.1. The molecule has 1 aromatic carbocycles. The summed E-state index contributed by atoms with van der Waals surface area (Å²) >= 11 is 0. The molecule has 0 aromatic heterocycles. The third kappa shape index (κ3) is 2.73. The lowest BCUT2D eigenvalue weighted by Gasteiger charge is -2.46. The minimum Gasteiger partial charge on any atom is -0.507 e. The van der Waals surface area contributed by atoms with E-state index in [9.17, 15) is 15.0 Å². The van der Waals surface area contributed by atoms with Gasteiger partial charge in [0.05, 0.1) is 0 Å². The second kappa shape index (κ2) is 6.31. The van der Waals surface area contributed by atoms with E-state index < -0.39 is 5.97 Å². The number of phenols is 1. The molecule has 0 heterocycles. The molecule has 120 valence electrons. The number of rotatable bonds is 3. The zero-order valence-corrected chi connectivity index (χ0v) is 13.2. The molecule has 3 nitrogen and oxygen atoms in total. The maximum Gasteiger partial charge on any atom is 0.339 e. The van der Waals surface area contributed by atoms with E-state index in [4.69, 9.17) is 0 Å². The van der Waals surface area contributed by atoms with Crippen LogP contribution in [0, 0.1) is 5.92 Å². The number of hydrogen-bond acceptors (Lipinski definition) is 2. The summed E-state index contributed by atoms with van der Waals surface area (Å²) in [7, 11) is 0. The molecule has 0 radical (unpaired) electrons. The predicted molar refractivity (Wildman–Crippen MR) is 86.4 cm³/mol. The number of carbonyl (C=O) groups is 1. The molecule has 0 unspecified atom stereocenters. The van der Waals surface area contributed by atoms with Crippen molar-refractivity contribution in [1.29, 1.82) is 0 Å². The van der Waals surface area contributed by atoms with Crippen LogP contribution in [0.1, 0.15) is 80.1 Å². The van der Waals surface area contributed by atoms with Crippen molar-refractivity contribution < 1.29 is 15.0 Å². The molecule has 2 aliphatic carbocycles. The van der Waals surface area contributed by atoms with E-state index in [1.165, 1.54) is 64.2 Å². The molecule has 0 aliphatic heterocycles. The van der Waals surface area contributed by atoms with Crippen molar-refractivity contribution in [3.05, 3.63) is 29.3 Å². The van der Waals surface area contributed by atoms with Gasteiger partial charge in [-0.25, -0.2) is 4.79 Å². The van der Waals surface area contributed by atoms with Crippen molar-refractivity contribution in [3.8, 4) is 5.75 Å². The van der Waals surface area contributed by atoms with Gasteiger partial charge in [0, 0.05) is 0 Å². The van der Waals surface area contributed by atoms with Crippen molar-refractivity contribution in [2.24, 2.45) is 5.92 Å². The van der Waals surface area contributed by atoms with E-state index in [1.807, 2.05) is 6.07 Å². The Morgan fingerprint density at radius 3 is 2.27 bits per heavy atom. The first-order chi connectivity index (χ1) is 10.6. The molecule has 2 N–H and O–H groups in total. The van der Waals surface area contributed by atoms with Gasteiger partial charge in [-0.1, -0.05) is 44.6 Å². The van der Waals surface area contributed by atoms with E-state index in [1.54, 1.807) is 12.1 Å². The zero-order chi connectivity index (χ0) is 15.6. The highest BCUT2D eigenvalue weighted by atomic mass is 16.4. The molecule has 0 bridgehead atoms. The summed E-state index contributed by atoms with van der Waals surface area (Å²) in [4.78, 5) is 11.4. The SMILES string of the molecule is O=C(O)c1cc(C2(C3CCCCC3)CCCCC2)ccc1O. The van der Waals surface area contributed by atoms with Crippen molar-refractivity contribution in [1.82, 2.24) is 0 Å². The van der Waals surface area contributed by atoms with Gasteiger partial charge in [0.25, 0.3) is 0 Å². The van der Waals surface area contributed by atoms with Gasteiger partial charge in [-0.15, -0.1) is 0 Å². The lowest BCUT2D eigenvalue weighted by Crippen LogP contribution is -2.38. The quantitative estimate of drug-likeness (QED) is 0.837. The molecule has 1 aromatic rings. The second-order valence-corrected chi connectivity index (χ2v) is 7.09. The summed E-state index contributed by atoms with van der Waals surface area (Å²) in [6, 6.07) is 5.30. The third-order valence-corrected chi connectivity index (χ3v) is 5.93. The fourth-order valence-electron chi connectivity index (χ4n) is 4.79. The Labute approximate surface area is 132 Å². The third-order valence-electron chi connectivity index (χ3n) is 5.93. The first-order valence-corrected chi connectivity index (χ1v) is 8.70. The number of carboxylic acids is 1. The molecular weight excluding hydrogens is 276 g/mol. The molecule has 0 saturated heterocycles. The fraction of sp³-hybridized carbons (Fsp3) is 0.632. The first-order valence-electron chi connectivity index (χ1n) is 8.70.